The predicted molar refractivity (Wildman–Crippen MR) is 78.4 cm³/mol. The summed E-state index contributed by atoms with van der Waals surface area (Å²) in [5, 5.41) is 0. The molecular weight excluding hydrogens is 260 g/mol. The monoisotopic (exact) mass is 282 g/mol. The number of aryl methyl sites for hydroxylation is 1. The van der Waals surface area contributed by atoms with Crippen molar-refractivity contribution >= 4 is 16.8 Å². The van der Waals surface area contributed by atoms with Crippen LogP contribution in [0.25, 0.3) is 0 Å². The first-order valence-corrected chi connectivity index (χ1v) is 7.87. The second kappa shape index (κ2) is 6.85. The third kappa shape index (κ3) is 7.11. The number of carbonyl (C=O) groups is 1. The first-order chi connectivity index (χ1) is 8.76. The molecule has 0 aliphatic carbocycles. The van der Waals surface area contributed by atoms with E-state index in [2.05, 4.69) is 0 Å². The summed E-state index contributed by atoms with van der Waals surface area (Å²) in [7, 11) is -1.03. The Kier molecular flexibility index (Phi) is 5.73. The van der Waals surface area contributed by atoms with E-state index in [1.807, 2.05) is 52.0 Å². The van der Waals surface area contributed by atoms with Gasteiger partial charge in [-0.2, -0.15) is 0 Å². The molecule has 1 aromatic rings. The zero-order chi connectivity index (χ0) is 14.5. The van der Waals surface area contributed by atoms with Crippen LogP contribution in [0.3, 0.4) is 0 Å². The van der Waals surface area contributed by atoms with Crippen LogP contribution in [0.5, 0.6) is 0 Å². The largest absolute Gasteiger partial charge is 0.460 e. The fraction of sp³-hybridized carbons (Fsp3) is 0.533. The summed E-state index contributed by atoms with van der Waals surface area (Å²) >= 11 is 0. The van der Waals surface area contributed by atoms with Crippen molar-refractivity contribution in [1.82, 2.24) is 0 Å². The lowest BCUT2D eigenvalue weighted by Gasteiger charge is -2.19. The number of rotatable bonds is 5. The van der Waals surface area contributed by atoms with Crippen molar-refractivity contribution < 1.29 is 13.7 Å². The fourth-order valence-corrected chi connectivity index (χ4v) is 2.74. The average Bonchev–Trinajstić information content (AvgIpc) is 2.24. The average molecular weight is 282 g/mol. The molecular formula is C15H22O3S. The minimum Gasteiger partial charge on any atom is -0.460 e. The van der Waals surface area contributed by atoms with E-state index in [0.717, 1.165) is 11.1 Å². The Bertz CT molecular complexity index is 461. The molecule has 0 amide bonds. The second-order valence-electron chi connectivity index (χ2n) is 5.61. The van der Waals surface area contributed by atoms with Crippen LogP contribution in [-0.4, -0.2) is 21.5 Å². The summed E-state index contributed by atoms with van der Waals surface area (Å²) in [5.74, 6) is 0.554. The van der Waals surface area contributed by atoms with Gasteiger partial charge in [0.25, 0.3) is 0 Å². The summed E-state index contributed by atoms with van der Waals surface area (Å²) in [5.41, 5.74) is 1.72. The fourth-order valence-electron chi connectivity index (χ4n) is 1.65. The van der Waals surface area contributed by atoms with Gasteiger partial charge in [-0.05, 0) is 33.3 Å². The molecule has 0 bridgehead atoms. The first-order valence-electron chi connectivity index (χ1n) is 6.38. The summed E-state index contributed by atoms with van der Waals surface area (Å²) in [4.78, 5) is 11.5. The smallest absolute Gasteiger partial charge is 0.307 e. The van der Waals surface area contributed by atoms with E-state index in [-0.39, 0.29) is 12.4 Å². The predicted octanol–water partition coefficient (Wildman–Crippen LogP) is 2.98. The molecule has 0 radical (unpaired) electrons. The van der Waals surface area contributed by atoms with Gasteiger partial charge in [0.2, 0.25) is 0 Å². The van der Waals surface area contributed by atoms with Crippen LogP contribution < -0.4 is 0 Å². The highest BCUT2D eigenvalue weighted by Gasteiger charge is 2.16. The number of esters is 1. The summed E-state index contributed by atoms with van der Waals surface area (Å²) in [6, 6.07) is 7.94. The van der Waals surface area contributed by atoms with E-state index >= 15 is 0 Å². The van der Waals surface area contributed by atoms with Crippen molar-refractivity contribution in [3.8, 4) is 0 Å². The van der Waals surface area contributed by atoms with Gasteiger partial charge in [-0.25, -0.2) is 0 Å². The zero-order valence-corrected chi connectivity index (χ0v) is 12.9. The van der Waals surface area contributed by atoms with E-state index in [1.165, 1.54) is 0 Å². The number of ether oxygens (including phenoxy) is 1. The zero-order valence-electron chi connectivity index (χ0n) is 12.1. The molecule has 4 heteroatoms. The van der Waals surface area contributed by atoms with E-state index in [1.54, 1.807) is 0 Å². The normalized spacial score (nSPS) is 13.1. The highest BCUT2D eigenvalue weighted by Crippen LogP contribution is 2.10. The lowest BCUT2D eigenvalue weighted by atomic mass is 10.2. The molecule has 1 atom stereocenters. The highest BCUT2D eigenvalue weighted by atomic mass is 32.2. The Balaban J connectivity index is 2.38. The number of hydrogen-bond acceptors (Lipinski definition) is 3. The van der Waals surface area contributed by atoms with Crippen molar-refractivity contribution in [1.29, 1.82) is 0 Å². The SMILES string of the molecule is Cc1cccc(CS(=O)CCC(=O)OC(C)(C)C)c1. The Labute approximate surface area is 117 Å². The number of hydrogen-bond donors (Lipinski definition) is 0. The van der Waals surface area contributed by atoms with Crippen molar-refractivity contribution in [3.63, 3.8) is 0 Å². The maximum atomic E-state index is 11.9. The molecule has 0 saturated carbocycles. The third-order valence-corrected chi connectivity index (χ3v) is 3.68. The van der Waals surface area contributed by atoms with Gasteiger partial charge in [-0.15, -0.1) is 0 Å². The topological polar surface area (TPSA) is 43.4 Å². The van der Waals surface area contributed by atoms with E-state index < -0.39 is 16.4 Å². The maximum Gasteiger partial charge on any atom is 0.307 e. The van der Waals surface area contributed by atoms with Gasteiger partial charge in [0.15, 0.2) is 0 Å². The molecule has 0 heterocycles. The Morgan fingerprint density at radius 3 is 2.58 bits per heavy atom. The molecule has 0 spiro atoms. The molecule has 106 valence electrons. The lowest BCUT2D eigenvalue weighted by Crippen LogP contribution is -2.24. The lowest BCUT2D eigenvalue weighted by molar-refractivity contribution is -0.154. The minimum atomic E-state index is -1.03. The first kappa shape index (κ1) is 15.9. The molecule has 1 aromatic carbocycles. The number of benzene rings is 1. The van der Waals surface area contributed by atoms with Crippen molar-refractivity contribution in [2.75, 3.05) is 5.75 Å². The van der Waals surface area contributed by atoms with Gasteiger partial charge >= 0.3 is 5.97 Å². The Morgan fingerprint density at radius 2 is 2.00 bits per heavy atom. The van der Waals surface area contributed by atoms with Crippen LogP contribution in [0, 0.1) is 6.92 Å². The van der Waals surface area contributed by atoms with Crippen LogP contribution in [-0.2, 0) is 26.1 Å². The van der Waals surface area contributed by atoms with Crippen LogP contribution in [0.15, 0.2) is 24.3 Å². The van der Waals surface area contributed by atoms with E-state index in [9.17, 15) is 9.00 Å². The van der Waals surface area contributed by atoms with Gasteiger partial charge in [0.1, 0.15) is 5.60 Å². The minimum absolute atomic E-state index is 0.204. The molecule has 0 fully saturated rings. The van der Waals surface area contributed by atoms with Crippen LogP contribution in [0.1, 0.15) is 38.3 Å². The molecule has 1 rings (SSSR count). The summed E-state index contributed by atoms with van der Waals surface area (Å²) in [6.45, 7) is 7.49. The van der Waals surface area contributed by atoms with Gasteiger partial charge in [-0.1, -0.05) is 29.8 Å². The standard InChI is InChI=1S/C15H22O3S/c1-12-6-5-7-13(10-12)11-19(17)9-8-14(16)18-15(2,3)4/h5-7,10H,8-9,11H2,1-4H3. The van der Waals surface area contributed by atoms with Crippen molar-refractivity contribution in [2.24, 2.45) is 0 Å². The molecule has 0 N–H and O–H groups in total. The van der Waals surface area contributed by atoms with Gasteiger partial charge in [0.05, 0.1) is 6.42 Å². The Hall–Kier alpha value is -1.16. The molecule has 0 saturated heterocycles. The van der Waals surface area contributed by atoms with Gasteiger partial charge in [0, 0.05) is 22.3 Å². The second-order valence-corrected chi connectivity index (χ2v) is 7.19. The molecule has 0 aromatic heterocycles. The Morgan fingerprint density at radius 1 is 1.32 bits per heavy atom. The van der Waals surface area contributed by atoms with Crippen molar-refractivity contribution in [3.05, 3.63) is 35.4 Å². The third-order valence-electron chi connectivity index (χ3n) is 2.36. The van der Waals surface area contributed by atoms with Gasteiger partial charge < -0.3 is 4.74 Å². The summed E-state index contributed by atoms with van der Waals surface area (Å²) in [6.07, 6.45) is 0.204. The van der Waals surface area contributed by atoms with Crippen LogP contribution >= 0.6 is 0 Å². The molecule has 1 unspecified atom stereocenters. The molecule has 19 heavy (non-hydrogen) atoms. The molecule has 0 aliphatic heterocycles. The van der Waals surface area contributed by atoms with E-state index in [4.69, 9.17) is 4.74 Å². The quantitative estimate of drug-likeness (QED) is 0.780. The highest BCUT2D eigenvalue weighted by molar-refractivity contribution is 7.84. The maximum absolute atomic E-state index is 11.9. The van der Waals surface area contributed by atoms with Crippen LogP contribution in [0.2, 0.25) is 0 Å². The summed E-state index contributed by atoms with van der Waals surface area (Å²) < 4.78 is 17.1. The number of carbonyl (C=O) groups excluding carboxylic acids is 1. The van der Waals surface area contributed by atoms with Gasteiger partial charge in [-0.3, -0.25) is 9.00 Å². The molecule has 0 aliphatic rings. The van der Waals surface area contributed by atoms with Crippen molar-refractivity contribution in [2.45, 2.75) is 45.5 Å². The molecule has 3 nitrogen and oxygen atoms in total. The van der Waals surface area contributed by atoms with E-state index in [0.29, 0.717) is 11.5 Å². The van der Waals surface area contributed by atoms with Crippen LogP contribution in [0.4, 0.5) is 0 Å².